The normalized spacial score (nSPS) is 11.6. The SMILES string of the molecule is CCCc1nc2c(nc(N(C)C)c3ncn(C)c32)o1. The molecule has 100 valence electrons. The average Bonchev–Trinajstić information content (AvgIpc) is 2.92. The Bertz CT molecular complexity index is 740. The molecule has 0 aliphatic heterocycles. The van der Waals surface area contributed by atoms with E-state index in [-0.39, 0.29) is 0 Å². The summed E-state index contributed by atoms with van der Waals surface area (Å²) in [6, 6.07) is 0. The zero-order chi connectivity index (χ0) is 13.6. The van der Waals surface area contributed by atoms with Gasteiger partial charge in [-0.1, -0.05) is 6.92 Å². The highest BCUT2D eigenvalue weighted by Crippen LogP contribution is 2.29. The number of aromatic nitrogens is 4. The molecule has 0 radical (unpaired) electrons. The van der Waals surface area contributed by atoms with Crippen molar-refractivity contribution in [2.24, 2.45) is 7.05 Å². The van der Waals surface area contributed by atoms with Crippen molar-refractivity contribution in [3.8, 4) is 0 Å². The molecule has 0 aliphatic rings. The zero-order valence-electron chi connectivity index (χ0n) is 11.6. The van der Waals surface area contributed by atoms with Crippen molar-refractivity contribution < 1.29 is 4.42 Å². The second kappa shape index (κ2) is 4.22. The molecule has 6 heteroatoms. The molecule has 3 aromatic rings. The van der Waals surface area contributed by atoms with Gasteiger partial charge < -0.3 is 13.9 Å². The van der Waals surface area contributed by atoms with Gasteiger partial charge in [0.15, 0.2) is 17.2 Å². The average molecular weight is 259 g/mol. The number of fused-ring (bicyclic) bond motifs is 3. The molecule has 0 aliphatic carbocycles. The van der Waals surface area contributed by atoms with Gasteiger partial charge in [-0.05, 0) is 6.42 Å². The lowest BCUT2D eigenvalue weighted by Crippen LogP contribution is -2.11. The summed E-state index contributed by atoms with van der Waals surface area (Å²) < 4.78 is 7.70. The van der Waals surface area contributed by atoms with Crippen LogP contribution in [0.5, 0.6) is 0 Å². The Kier molecular flexibility index (Phi) is 2.66. The van der Waals surface area contributed by atoms with E-state index in [0.717, 1.165) is 41.1 Å². The van der Waals surface area contributed by atoms with Gasteiger partial charge in [0.2, 0.25) is 0 Å². The smallest absolute Gasteiger partial charge is 0.251 e. The summed E-state index contributed by atoms with van der Waals surface area (Å²) in [4.78, 5) is 15.5. The van der Waals surface area contributed by atoms with Crippen LogP contribution in [0, 0.1) is 0 Å². The molecular weight excluding hydrogens is 242 g/mol. The minimum atomic E-state index is 0.586. The molecule has 0 saturated heterocycles. The largest absolute Gasteiger partial charge is 0.422 e. The summed E-state index contributed by atoms with van der Waals surface area (Å²) in [6.45, 7) is 2.10. The summed E-state index contributed by atoms with van der Waals surface area (Å²) >= 11 is 0. The number of anilines is 1. The predicted molar refractivity (Wildman–Crippen MR) is 74.4 cm³/mol. The third kappa shape index (κ3) is 1.75. The van der Waals surface area contributed by atoms with Gasteiger partial charge >= 0.3 is 0 Å². The van der Waals surface area contributed by atoms with Gasteiger partial charge in [-0.3, -0.25) is 0 Å². The lowest BCUT2D eigenvalue weighted by atomic mass is 10.3. The number of pyridine rings is 1. The number of imidazole rings is 1. The minimum absolute atomic E-state index is 0.586. The first kappa shape index (κ1) is 12.0. The number of aryl methyl sites for hydroxylation is 2. The molecule has 0 spiro atoms. The summed E-state index contributed by atoms with van der Waals surface area (Å²) in [5.74, 6) is 1.55. The quantitative estimate of drug-likeness (QED) is 0.721. The molecule has 0 aromatic carbocycles. The van der Waals surface area contributed by atoms with Crippen molar-refractivity contribution in [1.82, 2.24) is 19.5 Å². The molecule has 0 amide bonds. The standard InChI is InChI=1S/C13H17N5O/c1-5-6-8-15-10-11-9(14-7-18(11)4)12(17(2)3)16-13(10)19-8/h7H,5-6H2,1-4H3. The van der Waals surface area contributed by atoms with E-state index in [1.54, 1.807) is 6.33 Å². The van der Waals surface area contributed by atoms with Crippen LogP contribution in [-0.2, 0) is 13.5 Å². The van der Waals surface area contributed by atoms with Crippen molar-refractivity contribution in [2.45, 2.75) is 19.8 Å². The molecular formula is C13H17N5O. The van der Waals surface area contributed by atoms with E-state index in [4.69, 9.17) is 4.42 Å². The highest BCUT2D eigenvalue weighted by molar-refractivity contribution is 6.03. The molecule has 0 bridgehead atoms. The van der Waals surface area contributed by atoms with Crippen LogP contribution in [0.2, 0.25) is 0 Å². The predicted octanol–water partition coefficient (Wildman–Crippen LogP) is 2.13. The van der Waals surface area contributed by atoms with Crippen LogP contribution < -0.4 is 4.90 Å². The van der Waals surface area contributed by atoms with Crippen molar-refractivity contribution in [3.63, 3.8) is 0 Å². The van der Waals surface area contributed by atoms with Gasteiger partial charge in [0.25, 0.3) is 5.71 Å². The van der Waals surface area contributed by atoms with Crippen LogP contribution in [0.4, 0.5) is 5.82 Å². The van der Waals surface area contributed by atoms with Gasteiger partial charge in [0.1, 0.15) is 11.0 Å². The Hall–Kier alpha value is -2.11. The van der Waals surface area contributed by atoms with Crippen LogP contribution in [0.15, 0.2) is 10.7 Å². The fraction of sp³-hybridized carbons (Fsp3) is 0.462. The van der Waals surface area contributed by atoms with Crippen molar-refractivity contribution in [2.75, 3.05) is 19.0 Å². The van der Waals surface area contributed by atoms with E-state index in [2.05, 4.69) is 21.9 Å². The highest BCUT2D eigenvalue weighted by Gasteiger charge is 2.18. The molecule has 0 N–H and O–H groups in total. The topological polar surface area (TPSA) is 60.0 Å². The minimum Gasteiger partial charge on any atom is -0.422 e. The van der Waals surface area contributed by atoms with E-state index in [0.29, 0.717) is 5.71 Å². The lowest BCUT2D eigenvalue weighted by molar-refractivity contribution is 0.517. The maximum Gasteiger partial charge on any atom is 0.251 e. The van der Waals surface area contributed by atoms with Crippen LogP contribution in [0.25, 0.3) is 22.3 Å². The van der Waals surface area contributed by atoms with Crippen molar-refractivity contribution in [1.29, 1.82) is 0 Å². The molecule has 3 aromatic heterocycles. The Balaban J connectivity index is 2.38. The van der Waals surface area contributed by atoms with Crippen molar-refractivity contribution in [3.05, 3.63) is 12.2 Å². The molecule has 6 nitrogen and oxygen atoms in total. The van der Waals surface area contributed by atoms with E-state index >= 15 is 0 Å². The van der Waals surface area contributed by atoms with Gasteiger partial charge in [-0.15, -0.1) is 0 Å². The molecule has 3 heterocycles. The Labute approximate surface area is 111 Å². The summed E-state index contributed by atoms with van der Waals surface area (Å²) in [7, 11) is 5.86. The fourth-order valence-corrected chi connectivity index (χ4v) is 2.24. The summed E-state index contributed by atoms with van der Waals surface area (Å²) in [6.07, 6.45) is 3.61. The molecule has 3 rings (SSSR count). The van der Waals surface area contributed by atoms with Gasteiger partial charge in [0.05, 0.1) is 6.33 Å². The Morgan fingerprint density at radius 2 is 2.05 bits per heavy atom. The van der Waals surface area contributed by atoms with E-state index in [1.165, 1.54) is 0 Å². The van der Waals surface area contributed by atoms with Crippen LogP contribution in [0.3, 0.4) is 0 Å². The fourth-order valence-electron chi connectivity index (χ4n) is 2.24. The third-order valence-electron chi connectivity index (χ3n) is 3.12. The molecule has 0 fully saturated rings. The maximum atomic E-state index is 5.74. The first-order valence-corrected chi connectivity index (χ1v) is 6.39. The Morgan fingerprint density at radius 3 is 2.74 bits per heavy atom. The monoisotopic (exact) mass is 259 g/mol. The molecule has 19 heavy (non-hydrogen) atoms. The maximum absolute atomic E-state index is 5.74. The van der Waals surface area contributed by atoms with E-state index in [1.807, 2.05) is 30.6 Å². The number of nitrogens with zero attached hydrogens (tertiary/aromatic N) is 5. The Morgan fingerprint density at radius 1 is 1.26 bits per heavy atom. The molecule has 0 saturated carbocycles. The zero-order valence-corrected chi connectivity index (χ0v) is 11.6. The summed E-state index contributed by atoms with van der Waals surface area (Å²) in [5, 5.41) is 0. The number of oxazole rings is 1. The first-order valence-electron chi connectivity index (χ1n) is 6.39. The van der Waals surface area contributed by atoms with Gasteiger partial charge in [0, 0.05) is 27.6 Å². The van der Waals surface area contributed by atoms with Gasteiger partial charge in [-0.25, -0.2) is 9.97 Å². The lowest BCUT2D eigenvalue weighted by Gasteiger charge is -2.11. The van der Waals surface area contributed by atoms with E-state index < -0.39 is 0 Å². The number of rotatable bonds is 3. The van der Waals surface area contributed by atoms with Crippen molar-refractivity contribution >= 4 is 28.1 Å². The third-order valence-corrected chi connectivity index (χ3v) is 3.12. The number of hydrogen-bond acceptors (Lipinski definition) is 5. The van der Waals surface area contributed by atoms with E-state index in [9.17, 15) is 0 Å². The molecule has 0 unspecified atom stereocenters. The van der Waals surface area contributed by atoms with Gasteiger partial charge in [-0.2, -0.15) is 4.98 Å². The first-order chi connectivity index (χ1) is 9.11. The second-order valence-corrected chi connectivity index (χ2v) is 4.89. The van der Waals surface area contributed by atoms with Crippen LogP contribution in [0.1, 0.15) is 19.2 Å². The highest BCUT2D eigenvalue weighted by atomic mass is 16.4. The second-order valence-electron chi connectivity index (χ2n) is 4.89. The number of hydrogen-bond donors (Lipinski definition) is 0. The summed E-state index contributed by atoms with van der Waals surface area (Å²) in [5.41, 5.74) is 3.21. The van der Waals surface area contributed by atoms with Crippen LogP contribution in [-0.4, -0.2) is 33.6 Å². The molecule has 0 atom stereocenters. The van der Waals surface area contributed by atoms with Crippen LogP contribution >= 0.6 is 0 Å².